The van der Waals surface area contributed by atoms with E-state index in [-0.39, 0.29) is 6.03 Å². The van der Waals surface area contributed by atoms with Crippen LogP contribution < -0.4 is 10.1 Å². The normalized spacial score (nSPS) is 10.4. The summed E-state index contributed by atoms with van der Waals surface area (Å²) in [6, 6.07) is 19.4. The van der Waals surface area contributed by atoms with Crippen LogP contribution in [0.5, 0.6) is 5.75 Å². The van der Waals surface area contributed by atoms with Gasteiger partial charge in [0, 0.05) is 19.8 Å². The van der Waals surface area contributed by atoms with Crippen molar-refractivity contribution < 1.29 is 9.53 Å². The van der Waals surface area contributed by atoms with Gasteiger partial charge in [0.05, 0.1) is 18.4 Å². The Morgan fingerprint density at radius 3 is 2.56 bits per heavy atom. The molecule has 0 atom stereocenters. The third-order valence-electron chi connectivity index (χ3n) is 4.13. The Morgan fingerprint density at radius 2 is 1.81 bits per heavy atom. The molecule has 1 heterocycles. The van der Waals surface area contributed by atoms with E-state index < -0.39 is 0 Å². The molecule has 0 saturated heterocycles. The van der Waals surface area contributed by atoms with E-state index in [9.17, 15) is 4.79 Å². The zero-order valence-electron chi connectivity index (χ0n) is 15.4. The van der Waals surface area contributed by atoms with E-state index >= 15 is 0 Å². The molecule has 3 aromatic rings. The first-order chi connectivity index (χ1) is 13.2. The van der Waals surface area contributed by atoms with Gasteiger partial charge in [0.15, 0.2) is 0 Å². The summed E-state index contributed by atoms with van der Waals surface area (Å²) >= 11 is 0. The van der Waals surface area contributed by atoms with Gasteiger partial charge >= 0.3 is 6.03 Å². The van der Waals surface area contributed by atoms with Crippen LogP contribution in [0.15, 0.2) is 73.1 Å². The maximum Gasteiger partial charge on any atom is 0.317 e. The molecule has 2 amide bonds. The van der Waals surface area contributed by atoms with E-state index in [2.05, 4.69) is 10.4 Å². The number of amides is 2. The molecule has 6 nitrogen and oxygen atoms in total. The number of nitrogens with one attached hydrogen (secondary N) is 1. The van der Waals surface area contributed by atoms with Crippen molar-refractivity contribution >= 4 is 6.03 Å². The highest BCUT2D eigenvalue weighted by molar-refractivity contribution is 5.73. The second-order valence-electron chi connectivity index (χ2n) is 6.19. The van der Waals surface area contributed by atoms with E-state index in [1.165, 1.54) is 0 Å². The smallest absolute Gasteiger partial charge is 0.317 e. The molecule has 3 rings (SSSR count). The van der Waals surface area contributed by atoms with E-state index in [1.54, 1.807) is 11.9 Å². The lowest BCUT2D eigenvalue weighted by Crippen LogP contribution is -2.40. The van der Waals surface area contributed by atoms with Crippen molar-refractivity contribution in [3.63, 3.8) is 0 Å². The van der Waals surface area contributed by atoms with Crippen LogP contribution in [0.1, 0.15) is 5.56 Å². The Morgan fingerprint density at radius 1 is 1.11 bits per heavy atom. The first kappa shape index (κ1) is 18.5. The van der Waals surface area contributed by atoms with Gasteiger partial charge in [-0.2, -0.15) is 5.10 Å². The molecule has 0 aliphatic heterocycles. The maximum atomic E-state index is 12.1. The summed E-state index contributed by atoms with van der Waals surface area (Å²) in [4.78, 5) is 13.8. The molecule has 2 aromatic carbocycles. The summed E-state index contributed by atoms with van der Waals surface area (Å²) in [5.41, 5.74) is 2.10. The number of nitrogens with zero attached hydrogens (tertiary/aromatic N) is 3. The number of para-hydroxylation sites is 2. The van der Waals surface area contributed by atoms with E-state index in [1.807, 2.05) is 77.7 Å². The van der Waals surface area contributed by atoms with Crippen LogP contribution in [0.2, 0.25) is 0 Å². The molecule has 1 N–H and O–H groups in total. The fourth-order valence-electron chi connectivity index (χ4n) is 2.58. The summed E-state index contributed by atoms with van der Waals surface area (Å²) in [5, 5.41) is 7.29. The number of hydrogen-bond donors (Lipinski definition) is 1. The SMILES string of the molecule is CN(CCOc1ccccc1)C(=O)NCCc1cnn(-c2ccccc2)c1. The first-order valence-corrected chi connectivity index (χ1v) is 8.98. The van der Waals surface area contributed by atoms with Crippen LogP contribution in [-0.2, 0) is 6.42 Å². The standard InChI is InChI=1S/C21H24N4O2/c1-24(14-15-27-20-10-6-3-7-11-20)21(26)22-13-12-18-16-23-25(17-18)19-8-4-2-5-9-19/h2-11,16-17H,12-15H2,1H3,(H,22,26). The highest BCUT2D eigenvalue weighted by Gasteiger charge is 2.08. The van der Waals surface area contributed by atoms with Crippen molar-refractivity contribution in [3.8, 4) is 11.4 Å². The molecule has 0 aliphatic rings. The van der Waals surface area contributed by atoms with E-state index in [0.717, 1.165) is 23.4 Å². The van der Waals surface area contributed by atoms with Crippen LogP contribution in [-0.4, -0.2) is 47.5 Å². The third-order valence-corrected chi connectivity index (χ3v) is 4.13. The van der Waals surface area contributed by atoms with Crippen LogP contribution in [0.25, 0.3) is 5.69 Å². The minimum atomic E-state index is -0.109. The van der Waals surface area contributed by atoms with Crippen LogP contribution in [0.4, 0.5) is 4.79 Å². The van der Waals surface area contributed by atoms with Crippen LogP contribution >= 0.6 is 0 Å². The summed E-state index contributed by atoms with van der Waals surface area (Å²) in [6.45, 7) is 1.54. The number of carbonyl (C=O) groups is 1. The highest BCUT2D eigenvalue weighted by Crippen LogP contribution is 2.08. The number of benzene rings is 2. The monoisotopic (exact) mass is 364 g/mol. The van der Waals surface area contributed by atoms with Gasteiger partial charge in [-0.15, -0.1) is 0 Å². The number of likely N-dealkylation sites (N-methyl/N-ethyl adjacent to an activating group) is 1. The number of rotatable bonds is 8. The van der Waals surface area contributed by atoms with Gasteiger partial charge < -0.3 is 15.0 Å². The number of aromatic nitrogens is 2. The first-order valence-electron chi connectivity index (χ1n) is 8.98. The fourth-order valence-corrected chi connectivity index (χ4v) is 2.58. The van der Waals surface area contributed by atoms with Crippen molar-refractivity contribution in [3.05, 3.63) is 78.6 Å². The Labute approximate surface area is 159 Å². The van der Waals surface area contributed by atoms with Gasteiger partial charge in [-0.3, -0.25) is 0 Å². The predicted octanol–water partition coefficient (Wildman–Crippen LogP) is 3.14. The van der Waals surface area contributed by atoms with Crippen LogP contribution in [0, 0.1) is 0 Å². The number of hydrogen-bond acceptors (Lipinski definition) is 3. The maximum absolute atomic E-state index is 12.1. The summed E-state index contributed by atoms with van der Waals surface area (Å²) < 4.78 is 7.45. The molecule has 27 heavy (non-hydrogen) atoms. The third kappa shape index (κ3) is 5.60. The second-order valence-corrected chi connectivity index (χ2v) is 6.19. The molecule has 140 valence electrons. The van der Waals surface area contributed by atoms with Gasteiger partial charge in [0.2, 0.25) is 0 Å². The van der Waals surface area contributed by atoms with E-state index in [4.69, 9.17) is 4.74 Å². The topological polar surface area (TPSA) is 59.4 Å². The van der Waals surface area contributed by atoms with Gasteiger partial charge in [0.1, 0.15) is 12.4 Å². The average Bonchev–Trinajstić information content (AvgIpc) is 3.18. The van der Waals surface area contributed by atoms with Crippen molar-refractivity contribution in [2.45, 2.75) is 6.42 Å². The Bertz CT molecular complexity index is 834. The van der Waals surface area contributed by atoms with Gasteiger partial charge in [0.25, 0.3) is 0 Å². The summed E-state index contributed by atoms with van der Waals surface area (Å²) in [7, 11) is 1.76. The second kappa shape index (κ2) is 9.43. The molecule has 0 spiro atoms. The Hall–Kier alpha value is -3.28. The number of urea groups is 1. The molecule has 6 heteroatoms. The van der Waals surface area contributed by atoms with Gasteiger partial charge in [-0.25, -0.2) is 9.48 Å². The van der Waals surface area contributed by atoms with E-state index in [0.29, 0.717) is 19.7 Å². The lowest BCUT2D eigenvalue weighted by Gasteiger charge is -2.18. The summed E-state index contributed by atoms with van der Waals surface area (Å²) in [6.07, 6.45) is 4.54. The Balaban J connectivity index is 1.37. The molecule has 0 saturated carbocycles. The number of carbonyl (C=O) groups excluding carboxylic acids is 1. The minimum absolute atomic E-state index is 0.109. The number of ether oxygens (including phenoxy) is 1. The molecule has 0 unspecified atom stereocenters. The zero-order chi connectivity index (χ0) is 18.9. The van der Waals surface area contributed by atoms with Crippen LogP contribution in [0.3, 0.4) is 0 Å². The molecule has 0 aliphatic carbocycles. The predicted molar refractivity (Wildman–Crippen MR) is 105 cm³/mol. The van der Waals surface area contributed by atoms with Crippen molar-refractivity contribution in [1.29, 1.82) is 0 Å². The molecular weight excluding hydrogens is 340 g/mol. The molecule has 1 aromatic heterocycles. The molecular formula is C21H24N4O2. The van der Waals surface area contributed by atoms with Crippen molar-refractivity contribution in [1.82, 2.24) is 20.0 Å². The Kier molecular flexibility index (Phi) is 6.46. The lowest BCUT2D eigenvalue weighted by atomic mass is 10.2. The average molecular weight is 364 g/mol. The highest BCUT2D eigenvalue weighted by atomic mass is 16.5. The zero-order valence-corrected chi connectivity index (χ0v) is 15.4. The summed E-state index contributed by atoms with van der Waals surface area (Å²) in [5.74, 6) is 0.807. The fraction of sp³-hybridized carbons (Fsp3) is 0.238. The quantitative estimate of drug-likeness (QED) is 0.668. The minimum Gasteiger partial charge on any atom is -0.492 e. The largest absolute Gasteiger partial charge is 0.492 e. The van der Waals surface area contributed by atoms with Crippen molar-refractivity contribution in [2.75, 3.05) is 26.7 Å². The van der Waals surface area contributed by atoms with Gasteiger partial charge in [-0.05, 0) is 36.2 Å². The lowest BCUT2D eigenvalue weighted by molar-refractivity contribution is 0.195. The molecule has 0 fully saturated rings. The van der Waals surface area contributed by atoms with Gasteiger partial charge in [-0.1, -0.05) is 36.4 Å². The van der Waals surface area contributed by atoms with Crippen molar-refractivity contribution in [2.24, 2.45) is 0 Å². The molecule has 0 bridgehead atoms. The molecule has 0 radical (unpaired) electrons.